The smallest absolute Gasteiger partial charge is 0.338 e. The lowest BCUT2D eigenvalue weighted by Crippen LogP contribution is -2.53. The van der Waals surface area contributed by atoms with Gasteiger partial charge in [-0.25, -0.2) is 4.79 Å². The van der Waals surface area contributed by atoms with E-state index < -0.39 is 0 Å². The van der Waals surface area contributed by atoms with Gasteiger partial charge in [-0.15, -0.1) is 0 Å². The molecule has 1 aliphatic carbocycles. The van der Waals surface area contributed by atoms with Crippen LogP contribution in [0, 0.1) is 5.92 Å². The molecule has 5 heteroatoms. The summed E-state index contributed by atoms with van der Waals surface area (Å²) in [5.74, 6) is 0.123. The lowest BCUT2D eigenvalue weighted by Gasteiger charge is -2.47. The Labute approximate surface area is 128 Å². The van der Waals surface area contributed by atoms with E-state index in [1.165, 1.54) is 6.42 Å². The van der Waals surface area contributed by atoms with Crippen LogP contribution in [0.4, 0.5) is 0 Å². The maximum Gasteiger partial charge on any atom is 0.338 e. The summed E-state index contributed by atoms with van der Waals surface area (Å²) in [6.45, 7) is 1.01. The average molecular weight is 314 g/mol. The fraction of sp³-hybridized carbons (Fsp3) is 0.533. The molecular weight excluding hydrogens is 297 g/mol. The first-order valence-electron chi connectivity index (χ1n) is 6.90. The maximum atomic E-state index is 12.2. The minimum Gasteiger partial charge on any atom is -0.458 e. The molecule has 3 nitrogen and oxygen atoms in total. The van der Waals surface area contributed by atoms with Crippen LogP contribution in [0.1, 0.15) is 29.6 Å². The number of halogens is 2. The second kappa shape index (κ2) is 5.55. The molecule has 2 bridgehead atoms. The first kappa shape index (κ1) is 14.2. The number of carbonyl (C=O) groups excluding carboxylic acids is 1. The average Bonchev–Trinajstić information content (AvgIpc) is 2.39. The Hall–Kier alpha value is -0.770. The number of fused-ring (bicyclic) bond motifs is 3. The van der Waals surface area contributed by atoms with Gasteiger partial charge in [-0.2, -0.15) is 0 Å². The van der Waals surface area contributed by atoms with Gasteiger partial charge in [0.2, 0.25) is 0 Å². The molecule has 3 fully saturated rings. The molecule has 0 amide bonds. The number of hydrogen-bond acceptors (Lipinski definition) is 3. The van der Waals surface area contributed by atoms with Gasteiger partial charge >= 0.3 is 5.97 Å². The molecule has 4 rings (SSSR count). The quantitative estimate of drug-likeness (QED) is 0.781. The summed E-state index contributed by atoms with van der Waals surface area (Å²) >= 11 is 11.8. The van der Waals surface area contributed by atoms with Crippen molar-refractivity contribution in [2.24, 2.45) is 5.92 Å². The van der Waals surface area contributed by atoms with Crippen molar-refractivity contribution in [1.29, 1.82) is 0 Å². The van der Waals surface area contributed by atoms with Crippen molar-refractivity contribution in [2.45, 2.75) is 31.4 Å². The molecule has 2 aliphatic heterocycles. The predicted molar refractivity (Wildman–Crippen MR) is 79.4 cm³/mol. The molecule has 20 heavy (non-hydrogen) atoms. The highest BCUT2D eigenvalue weighted by molar-refractivity contribution is 6.35. The lowest BCUT2D eigenvalue weighted by atomic mass is 9.78. The standard InChI is InChI=1S/C15H17Cl2NO2/c1-18-8-9-2-3-13(18)7-14(9)20-15(19)10-4-11(16)6-12(17)5-10/h4-6,9,13-14H,2-3,7-8H2,1H3/t9-,13-,14-/m0/s1. The Morgan fingerprint density at radius 1 is 1.25 bits per heavy atom. The fourth-order valence-electron chi connectivity index (χ4n) is 3.32. The van der Waals surface area contributed by atoms with Crippen LogP contribution in [0.5, 0.6) is 0 Å². The van der Waals surface area contributed by atoms with Crippen LogP contribution in [0.15, 0.2) is 18.2 Å². The molecule has 3 aliphatic rings. The molecule has 1 aromatic carbocycles. The van der Waals surface area contributed by atoms with Crippen molar-refractivity contribution < 1.29 is 9.53 Å². The van der Waals surface area contributed by atoms with Gasteiger partial charge in [0.15, 0.2) is 0 Å². The van der Waals surface area contributed by atoms with Crippen molar-refractivity contribution in [3.8, 4) is 0 Å². The van der Waals surface area contributed by atoms with Crippen molar-refractivity contribution in [3.63, 3.8) is 0 Å². The van der Waals surface area contributed by atoms with Crippen molar-refractivity contribution in [2.75, 3.05) is 13.6 Å². The Bertz CT molecular complexity index is 514. The number of carbonyl (C=O) groups is 1. The SMILES string of the molecule is CN1C[C@@H]2CC[C@H]1C[C@@H]2OC(=O)c1cc(Cl)cc(Cl)c1. The molecule has 3 atom stereocenters. The second-order valence-electron chi connectivity index (χ2n) is 5.77. The number of rotatable bonds is 2. The fourth-order valence-corrected chi connectivity index (χ4v) is 3.85. The van der Waals surface area contributed by atoms with Gasteiger partial charge in [0.1, 0.15) is 6.10 Å². The van der Waals surface area contributed by atoms with Crippen molar-refractivity contribution in [3.05, 3.63) is 33.8 Å². The number of ether oxygens (including phenoxy) is 1. The third kappa shape index (κ3) is 2.80. The van der Waals surface area contributed by atoms with Gasteiger partial charge in [-0.3, -0.25) is 0 Å². The van der Waals surface area contributed by atoms with E-state index in [1.54, 1.807) is 18.2 Å². The van der Waals surface area contributed by atoms with Crippen LogP contribution in [0.25, 0.3) is 0 Å². The van der Waals surface area contributed by atoms with Crippen LogP contribution < -0.4 is 0 Å². The van der Waals surface area contributed by atoms with E-state index >= 15 is 0 Å². The summed E-state index contributed by atoms with van der Waals surface area (Å²) < 4.78 is 5.69. The molecule has 1 saturated carbocycles. The summed E-state index contributed by atoms with van der Waals surface area (Å²) in [5.41, 5.74) is 0.428. The van der Waals surface area contributed by atoms with E-state index in [1.807, 2.05) is 0 Å². The molecule has 0 aromatic heterocycles. The van der Waals surface area contributed by atoms with E-state index in [0.29, 0.717) is 27.6 Å². The van der Waals surface area contributed by atoms with E-state index in [4.69, 9.17) is 27.9 Å². The Morgan fingerprint density at radius 3 is 2.50 bits per heavy atom. The van der Waals surface area contributed by atoms with Crippen molar-refractivity contribution in [1.82, 2.24) is 4.90 Å². The molecule has 108 valence electrons. The van der Waals surface area contributed by atoms with Gasteiger partial charge in [0, 0.05) is 35.0 Å². The van der Waals surface area contributed by atoms with Crippen molar-refractivity contribution >= 4 is 29.2 Å². The summed E-state index contributed by atoms with van der Waals surface area (Å²) in [5, 5.41) is 0.906. The van der Waals surface area contributed by atoms with Gasteiger partial charge in [-0.1, -0.05) is 23.2 Å². The van der Waals surface area contributed by atoms with Gasteiger partial charge in [0.05, 0.1) is 5.56 Å². The first-order valence-corrected chi connectivity index (χ1v) is 7.66. The van der Waals surface area contributed by atoms with E-state index in [0.717, 1.165) is 19.4 Å². The van der Waals surface area contributed by atoms with Crippen LogP contribution in [0.3, 0.4) is 0 Å². The number of nitrogens with zero attached hydrogens (tertiary/aromatic N) is 1. The zero-order valence-electron chi connectivity index (χ0n) is 11.3. The van der Waals surface area contributed by atoms with Gasteiger partial charge in [0.25, 0.3) is 0 Å². The molecule has 0 unspecified atom stereocenters. The van der Waals surface area contributed by atoms with E-state index in [-0.39, 0.29) is 12.1 Å². The van der Waals surface area contributed by atoms with Crippen LogP contribution >= 0.6 is 23.2 Å². The Morgan fingerprint density at radius 2 is 1.95 bits per heavy atom. The summed E-state index contributed by atoms with van der Waals surface area (Å²) in [6, 6.07) is 5.35. The zero-order chi connectivity index (χ0) is 14.3. The third-order valence-corrected chi connectivity index (χ3v) is 4.84. The lowest BCUT2D eigenvalue weighted by molar-refractivity contribution is -0.0558. The predicted octanol–water partition coefficient (Wildman–Crippen LogP) is 3.63. The number of benzene rings is 1. The van der Waals surface area contributed by atoms with Gasteiger partial charge in [-0.05, 0) is 38.1 Å². The molecule has 0 spiro atoms. The molecule has 1 aromatic rings. The molecule has 0 radical (unpaired) electrons. The molecule has 2 heterocycles. The minimum atomic E-state index is -0.324. The van der Waals surface area contributed by atoms with Gasteiger partial charge < -0.3 is 9.64 Å². The minimum absolute atomic E-state index is 0.0233. The van der Waals surface area contributed by atoms with Crippen LogP contribution in [0.2, 0.25) is 10.0 Å². The number of piperidine rings is 2. The first-order chi connectivity index (χ1) is 9.52. The Kier molecular flexibility index (Phi) is 3.93. The van der Waals surface area contributed by atoms with Crippen LogP contribution in [-0.2, 0) is 4.74 Å². The molecular formula is C15H17Cl2NO2. The summed E-state index contributed by atoms with van der Waals surface area (Å²) in [7, 11) is 2.14. The van der Waals surface area contributed by atoms with Crippen LogP contribution in [-0.4, -0.2) is 36.6 Å². The second-order valence-corrected chi connectivity index (χ2v) is 6.64. The number of esters is 1. The topological polar surface area (TPSA) is 29.5 Å². The third-order valence-electron chi connectivity index (χ3n) is 4.40. The maximum absolute atomic E-state index is 12.2. The molecule has 2 saturated heterocycles. The largest absolute Gasteiger partial charge is 0.458 e. The summed E-state index contributed by atoms with van der Waals surface area (Å²) in [4.78, 5) is 14.6. The van der Waals surface area contributed by atoms with E-state index in [2.05, 4.69) is 11.9 Å². The molecule has 0 N–H and O–H groups in total. The Balaban J connectivity index is 1.70. The highest BCUT2D eigenvalue weighted by Crippen LogP contribution is 2.36. The normalized spacial score (nSPS) is 29.4. The van der Waals surface area contributed by atoms with E-state index in [9.17, 15) is 4.79 Å². The highest BCUT2D eigenvalue weighted by Gasteiger charge is 2.40. The highest BCUT2D eigenvalue weighted by atomic mass is 35.5. The number of hydrogen-bond donors (Lipinski definition) is 0. The summed E-state index contributed by atoms with van der Waals surface area (Å²) in [6.07, 6.45) is 3.30. The zero-order valence-corrected chi connectivity index (χ0v) is 12.8. The monoisotopic (exact) mass is 313 g/mol.